The van der Waals surface area contributed by atoms with Crippen molar-refractivity contribution in [1.29, 1.82) is 0 Å². The van der Waals surface area contributed by atoms with E-state index < -0.39 is 49.5 Å². The Hall–Kier alpha value is -2.26. The molecule has 10 heteroatoms. The summed E-state index contributed by atoms with van der Waals surface area (Å²) in [7, 11) is 0. The van der Waals surface area contributed by atoms with E-state index in [1.807, 2.05) is 0 Å². The zero-order valence-corrected chi connectivity index (χ0v) is 12.8. The quantitative estimate of drug-likeness (QED) is 0.759. The summed E-state index contributed by atoms with van der Waals surface area (Å²) in [6.07, 6.45) is -3.84. The maximum atomic E-state index is 13.8. The number of carbonyl (C=O) groups excluding carboxylic acids is 1. The SMILES string of the molecule is O=C(C1CC(c2ccncc2)=NO1)N1CCC(C(F)(F)F)C(F)(F)C1. The van der Waals surface area contributed by atoms with Crippen LogP contribution < -0.4 is 0 Å². The number of alkyl halides is 5. The molecular formula is C15H14F5N3O2. The summed E-state index contributed by atoms with van der Waals surface area (Å²) < 4.78 is 65.6. The van der Waals surface area contributed by atoms with Gasteiger partial charge in [0.25, 0.3) is 11.8 Å². The van der Waals surface area contributed by atoms with E-state index in [0.717, 1.165) is 4.90 Å². The molecule has 2 atom stereocenters. The Morgan fingerprint density at radius 2 is 1.96 bits per heavy atom. The lowest BCUT2D eigenvalue weighted by molar-refractivity contribution is -0.257. The second-order valence-electron chi connectivity index (χ2n) is 5.98. The summed E-state index contributed by atoms with van der Waals surface area (Å²) in [5.41, 5.74) is 1.13. The zero-order valence-electron chi connectivity index (χ0n) is 12.8. The highest BCUT2D eigenvalue weighted by molar-refractivity contribution is 6.03. The number of hydrogen-bond donors (Lipinski definition) is 0. The Morgan fingerprint density at radius 3 is 2.56 bits per heavy atom. The molecule has 3 heterocycles. The number of pyridine rings is 1. The van der Waals surface area contributed by atoms with Crippen LogP contribution in [0.5, 0.6) is 0 Å². The fraction of sp³-hybridized carbons (Fsp3) is 0.533. The molecule has 2 aliphatic rings. The van der Waals surface area contributed by atoms with Gasteiger partial charge in [0.2, 0.25) is 6.10 Å². The average Bonchev–Trinajstić information content (AvgIpc) is 3.02. The van der Waals surface area contributed by atoms with Gasteiger partial charge in [0, 0.05) is 30.9 Å². The van der Waals surface area contributed by atoms with Crippen LogP contribution in [0, 0.1) is 5.92 Å². The summed E-state index contributed by atoms with van der Waals surface area (Å²) in [5.74, 6) is -7.55. The predicted molar refractivity (Wildman–Crippen MR) is 76.0 cm³/mol. The molecule has 0 aliphatic carbocycles. The number of halogens is 5. The fourth-order valence-electron chi connectivity index (χ4n) is 2.96. The minimum absolute atomic E-state index is 0.0631. The lowest BCUT2D eigenvalue weighted by Crippen LogP contribution is -2.56. The van der Waals surface area contributed by atoms with Crippen molar-refractivity contribution in [2.24, 2.45) is 11.1 Å². The van der Waals surface area contributed by atoms with Crippen molar-refractivity contribution in [2.75, 3.05) is 13.1 Å². The van der Waals surface area contributed by atoms with E-state index in [-0.39, 0.29) is 6.42 Å². The van der Waals surface area contributed by atoms with E-state index in [1.54, 1.807) is 12.1 Å². The van der Waals surface area contributed by atoms with Gasteiger partial charge in [-0.25, -0.2) is 8.78 Å². The molecule has 1 aromatic rings. The third-order valence-corrected chi connectivity index (χ3v) is 4.26. The first-order valence-corrected chi connectivity index (χ1v) is 7.55. The summed E-state index contributed by atoms with van der Waals surface area (Å²) in [6.45, 7) is -1.68. The number of piperidine rings is 1. The van der Waals surface area contributed by atoms with E-state index in [1.165, 1.54) is 12.4 Å². The number of carbonyl (C=O) groups is 1. The van der Waals surface area contributed by atoms with E-state index in [0.29, 0.717) is 11.3 Å². The number of likely N-dealkylation sites (tertiary alicyclic amines) is 1. The van der Waals surface area contributed by atoms with Crippen LogP contribution in [0.4, 0.5) is 22.0 Å². The van der Waals surface area contributed by atoms with Crippen molar-refractivity contribution in [1.82, 2.24) is 9.88 Å². The third kappa shape index (κ3) is 3.57. The standard InChI is InChI=1S/C15H14F5N3O2/c16-14(17)8-23(6-3-12(14)15(18,19)20)13(24)11-7-10(22-25-11)9-1-4-21-5-2-9/h1-2,4-5,11-12H,3,6-8H2. The minimum Gasteiger partial charge on any atom is -0.382 e. The lowest BCUT2D eigenvalue weighted by atomic mass is 9.91. The van der Waals surface area contributed by atoms with Gasteiger partial charge in [-0.3, -0.25) is 9.78 Å². The van der Waals surface area contributed by atoms with Gasteiger partial charge < -0.3 is 9.74 Å². The molecule has 5 nitrogen and oxygen atoms in total. The Morgan fingerprint density at radius 1 is 1.28 bits per heavy atom. The van der Waals surface area contributed by atoms with Crippen LogP contribution in [-0.4, -0.2) is 52.8 Å². The molecule has 0 spiro atoms. The minimum atomic E-state index is -5.00. The second-order valence-corrected chi connectivity index (χ2v) is 5.98. The number of rotatable bonds is 2. The fourth-order valence-corrected chi connectivity index (χ4v) is 2.96. The number of aromatic nitrogens is 1. The number of amides is 1. The Labute approximate surface area is 139 Å². The highest BCUT2D eigenvalue weighted by atomic mass is 19.4. The monoisotopic (exact) mass is 363 g/mol. The first-order chi connectivity index (χ1) is 11.7. The van der Waals surface area contributed by atoms with E-state index >= 15 is 0 Å². The molecule has 2 unspecified atom stereocenters. The van der Waals surface area contributed by atoms with Crippen LogP contribution in [-0.2, 0) is 9.63 Å². The molecule has 136 valence electrons. The van der Waals surface area contributed by atoms with Gasteiger partial charge in [0.05, 0.1) is 12.3 Å². The van der Waals surface area contributed by atoms with Gasteiger partial charge in [-0.1, -0.05) is 5.16 Å². The van der Waals surface area contributed by atoms with E-state index in [2.05, 4.69) is 10.1 Å². The van der Waals surface area contributed by atoms with Crippen LogP contribution in [0.1, 0.15) is 18.4 Å². The highest BCUT2D eigenvalue weighted by Gasteiger charge is 2.58. The number of hydrogen-bond acceptors (Lipinski definition) is 4. The second kappa shape index (κ2) is 6.23. The number of oxime groups is 1. The van der Waals surface area contributed by atoms with Crippen LogP contribution in [0.3, 0.4) is 0 Å². The van der Waals surface area contributed by atoms with Gasteiger partial charge in [-0.15, -0.1) is 0 Å². The topological polar surface area (TPSA) is 54.8 Å². The molecule has 1 fully saturated rings. The Balaban J connectivity index is 1.64. The smallest absolute Gasteiger partial charge is 0.382 e. The number of nitrogens with zero attached hydrogens (tertiary/aromatic N) is 3. The molecule has 0 saturated carbocycles. The zero-order chi connectivity index (χ0) is 18.2. The third-order valence-electron chi connectivity index (χ3n) is 4.26. The van der Waals surface area contributed by atoms with Crippen molar-refractivity contribution in [3.8, 4) is 0 Å². The van der Waals surface area contributed by atoms with Crippen LogP contribution in [0.15, 0.2) is 29.7 Å². The van der Waals surface area contributed by atoms with Gasteiger partial charge in [0.1, 0.15) is 5.92 Å². The van der Waals surface area contributed by atoms with Crippen molar-refractivity contribution in [3.05, 3.63) is 30.1 Å². The summed E-state index contributed by atoms with van der Waals surface area (Å²) in [6, 6.07) is 3.30. The van der Waals surface area contributed by atoms with E-state index in [4.69, 9.17) is 4.84 Å². The van der Waals surface area contributed by atoms with Gasteiger partial charge in [-0.05, 0) is 18.6 Å². The molecule has 2 aliphatic heterocycles. The summed E-state index contributed by atoms with van der Waals surface area (Å²) in [4.78, 5) is 21.9. The van der Waals surface area contributed by atoms with Crippen molar-refractivity contribution in [3.63, 3.8) is 0 Å². The summed E-state index contributed by atoms with van der Waals surface area (Å²) in [5, 5.41) is 3.77. The molecule has 1 saturated heterocycles. The maximum Gasteiger partial charge on any atom is 0.397 e. The average molecular weight is 363 g/mol. The molecule has 0 bridgehead atoms. The Bertz CT molecular complexity index is 677. The molecule has 1 amide bonds. The van der Waals surface area contributed by atoms with Crippen LogP contribution in [0.25, 0.3) is 0 Å². The molecule has 0 aromatic carbocycles. The van der Waals surface area contributed by atoms with Gasteiger partial charge in [-0.2, -0.15) is 13.2 Å². The van der Waals surface area contributed by atoms with Gasteiger partial charge in [0.15, 0.2) is 0 Å². The normalized spacial score (nSPS) is 26.1. The molecule has 1 aromatic heterocycles. The first kappa shape index (κ1) is 17.6. The summed E-state index contributed by atoms with van der Waals surface area (Å²) >= 11 is 0. The van der Waals surface area contributed by atoms with Crippen molar-refractivity contribution in [2.45, 2.75) is 31.0 Å². The van der Waals surface area contributed by atoms with E-state index in [9.17, 15) is 26.7 Å². The lowest BCUT2D eigenvalue weighted by Gasteiger charge is -2.39. The molecule has 0 radical (unpaired) electrons. The predicted octanol–water partition coefficient (Wildman–Crippen LogP) is 2.62. The Kier molecular flexibility index (Phi) is 4.38. The molecule has 25 heavy (non-hydrogen) atoms. The maximum absolute atomic E-state index is 13.8. The molecule has 0 N–H and O–H groups in total. The highest BCUT2D eigenvalue weighted by Crippen LogP contribution is 2.43. The molecule has 3 rings (SSSR count). The van der Waals surface area contributed by atoms with Crippen molar-refractivity contribution < 1.29 is 31.6 Å². The largest absolute Gasteiger partial charge is 0.397 e. The first-order valence-electron chi connectivity index (χ1n) is 7.55. The van der Waals surface area contributed by atoms with Crippen LogP contribution in [0.2, 0.25) is 0 Å². The van der Waals surface area contributed by atoms with Gasteiger partial charge >= 0.3 is 6.18 Å². The van der Waals surface area contributed by atoms with Crippen LogP contribution >= 0.6 is 0 Å². The molecular weight excluding hydrogens is 349 g/mol. The van der Waals surface area contributed by atoms with Crippen molar-refractivity contribution >= 4 is 11.6 Å².